The van der Waals surface area contributed by atoms with Crippen LogP contribution in [0.2, 0.25) is 0 Å². The molecule has 1 N–H and O–H groups in total. The predicted octanol–water partition coefficient (Wildman–Crippen LogP) is 4.53. The van der Waals surface area contributed by atoms with Crippen molar-refractivity contribution < 1.29 is 14.1 Å². The van der Waals surface area contributed by atoms with Crippen LogP contribution in [0.5, 0.6) is 0 Å². The smallest absolute Gasteiger partial charge is 0.259 e. The third-order valence-corrected chi connectivity index (χ3v) is 5.52. The van der Waals surface area contributed by atoms with Gasteiger partial charge in [-0.15, -0.1) is 0 Å². The minimum absolute atomic E-state index is 0.0468. The Bertz CT molecular complexity index is 1100. The van der Waals surface area contributed by atoms with Gasteiger partial charge in [-0.25, -0.2) is 4.98 Å². The molecule has 2 aromatic heterocycles. The maximum absolute atomic E-state index is 13.3. The molecule has 1 saturated heterocycles. The maximum Gasteiger partial charge on any atom is 0.259 e. The summed E-state index contributed by atoms with van der Waals surface area (Å²) in [6.07, 6.45) is 3.18. The molecule has 0 unspecified atom stereocenters. The molecule has 1 aliphatic heterocycles. The fourth-order valence-corrected chi connectivity index (χ4v) is 3.82. The lowest BCUT2D eigenvalue weighted by Gasteiger charge is -2.27. The van der Waals surface area contributed by atoms with E-state index < -0.39 is 0 Å². The highest BCUT2D eigenvalue weighted by molar-refractivity contribution is 6.14. The van der Waals surface area contributed by atoms with Crippen LogP contribution in [-0.2, 0) is 0 Å². The molecule has 3 aromatic rings. The molecule has 7 heteroatoms. The second-order valence-corrected chi connectivity index (χ2v) is 8.05. The number of fused-ring (bicyclic) bond motifs is 1. The molecule has 0 spiro atoms. The molecular formula is C23H26N4O3. The topological polar surface area (TPSA) is 88.3 Å². The lowest BCUT2D eigenvalue weighted by Crippen LogP contribution is -2.36. The number of aromatic nitrogens is 2. The number of aryl methyl sites for hydroxylation is 1. The Kier molecular flexibility index (Phi) is 5.53. The molecule has 7 nitrogen and oxygen atoms in total. The van der Waals surface area contributed by atoms with Gasteiger partial charge in [-0.05, 0) is 50.3 Å². The Hall–Kier alpha value is -3.22. The number of amides is 2. The first-order chi connectivity index (χ1) is 14.5. The van der Waals surface area contributed by atoms with Crippen LogP contribution in [-0.4, -0.2) is 39.9 Å². The van der Waals surface area contributed by atoms with E-state index in [0.717, 1.165) is 38.0 Å². The Balaban J connectivity index is 1.68. The highest BCUT2D eigenvalue weighted by atomic mass is 16.5. The zero-order valence-electron chi connectivity index (χ0n) is 17.6. The van der Waals surface area contributed by atoms with Crippen molar-refractivity contribution in [1.82, 2.24) is 15.0 Å². The molecular weight excluding hydrogens is 380 g/mol. The Morgan fingerprint density at radius 1 is 1.10 bits per heavy atom. The maximum atomic E-state index is 13.3. The van der Waals surface area contributed by atoms with Gasteiger partial charge in [0.2, 0.25) is 0 Å². The molecule has 1 aliphatic rings. The number of pyridine rings is 1. The standard InChI is InChI=1S/C23H26N4O3/c1-14(2)19-13-17(20-15(3)26-30-22(20)25-19)21(28)24-18-10-6-5-9-16(18)23(29)27-11-7-4-8-12-27/h5-6,9-10,13-14H,4,7-8,11-12H2,1-3H3,(H,24,28). The molecule has 0 aliphatic carbocycles. The summed E-state index contributed by atoms with van der Waals surface area (Å²) in [4.78, 5) is 32.7. The summed E-state index contributed by atoms with van der Waals surface area (Å²) in [6.45, 7) is 7.30. The number of hydrogen-bond acceptors (Lipinski definition) is 5. The molecule has 3 heterocycles. The summed E-state index contributed by atoms with van der Waals surface area (Å²) in [6, 6.07) is 8.94. The summed E-state index contributed by atoms with van der Waals surface area (Å²) in [5, 5.41) is 7.51. The van der Waals surface area contributed by atoms with Gasteiger partial charge in [0.05, 0.1) is 27.9 Å². The quantitative estimate of drug-likeness (QED) is 0.687. The van der Waals surface area contributed by atoms with Crippen LogP contribution in [0.4, 0.5) is 5.69 Å². The van der Waals surface area contributed by atoms with Gasteiger partial charge < -0.3 is 14.7 Å². The number of nitrogens with one attached hydrogen (secondary N) is 1. The number of para-hydroxylation sites is 1. The summed E-state index contributed by atoms with van der Waals surface area (Å²) >= 11 is 0. The van der Waals surface area contributed by atoms with Crippen LogP contribution in [0, 0.1) is 6.92 Å². The van der Waals surface area contributed by atoms with Crippen molar-refractivity contribution in [3.05, 3.63) is 52.8 Å². The molecule has 0 radical (unpaired) electrons. The normalized spacial score (nSPS) is 14.3. The van der Waals surface area contributed by atoms with Crippen molar-refractivity contribution in [1.29, 1.82) is 0 Å². The molecule has 30 heavy (non-hydrogen) atoms. The number of anilines is 1. The van der Waals surface area contributed by atoms with Crippen LogP contribution in [0.3, 0.4) is 0 Å². The van der Waals surface area contributed by atoms with Gasteiger partial charge in [0.15, 0.2) is 0 Å². The zero-order valence-corrected chi connectivity index (χ0v) is 17.6. The van der Waals surface area contributed by atoms with E-state index >= 15 is 0 Å². The second kappa shape index (κ2) is 8.26. The van der Waals surface area contributed by atoms with Crippen molar-refractivity contribution in [2.24, 2.45) is 0 Å². The van der Waals surface area contributed by atoms with E-state index in [9.17, 15) is 9.59 Å². The van der Waals surface area contributed by atoms with E-state index in [0.29, 0.717) is 33.6 Å². The third kappa shape index (κ3) is 3.79. The van der Waals surface area contributed by atoms with Gasteiger partial charge in [0.25, 0.3) is 17.5 Å². The number of benzene rings is 1. The molecule has 0 bridgehead atoms. The number of carbonyl (C=O) groups excluding carboxylic acids is 2. The molecule has 4 rings (SSSR count). The average molecular weight is 406 g/mol. The lowest BCUT2D eigenvalue weighted by molar-refractivity contribution is 0.0725. The molecule has 0 saturated carbocycles. The SMILES string of the molecule is Cc1noc2nc(C(C)C)cc(C(=O)Nc3ccccc3C(=O)N3CCCCC3)c12. The van der Waals surface area contributed by atoms with E-state index in [4.69, 9.17) is 4.52 Å². The van der Waals surface area contributed by atoms with Gasteiger partial charge >= 0.3 is 0 Å². The fraction of sp³-hybridized carbons (Fsp3) is 0.391. The number of likely N-dealkylation sites (tertiary alicyclic amines) is 1. The van der Waals surface area contributed by atoms with E-state index in [-0.39, 0.29) is 17.7 Å². The van der Waals surface area contributed by atoms with Gasteiger partial charge in [0, 0.05) is 18.8 Å². The number of rotatable bonds is 4. The Morgan fingerprint density at radius 2 is 1.83 bits per heavy atom. The van der Waals surface area contributed by atoms with Crippen molar-refractivity contribution in [2.45, 2.75) is 46.0 Å². The summed E-state index contributed by atoms with van der Waals surface area (Å²) in [7, 11) is 0. The summed E-state index contributed by atoms with van der Waals surface area (Å²) < 4.78 is 5.32. The van der Waals surface area contributed by atoms with Crippen molar-refractivity contribution in [2.75, 3.05) is 18.4 Å². The Morgan fingerprint density at radius 3 is 2.57 bits per heavy atom. The summed E-state index contributed by atoms with van der Waals surface area (Å²) in [5.41, 5.74) is 3.16. The molecule has 1 fully saturated rings. The first-order valence-electron chi connectivity index (χ1n) is 10.4. The zero-order chi connectivity index (χ0) is 21.3. The average Bonchev–Trinajstić information content (AvgIpc) is 3.14. The van der Waals surface area contributed by atoms with Crippen molar-refractivity contribution in [3.63, 3.8) is 0 Å². The number of carbonyl (C=O) groups is 2. The number of hydrogen-bond donors (Lipinski definition) is 1. The lowest BCUT2D eigenvalue weighted by atomic mass is 10.0. The van der Waals surface area contributed by atoms with Crippen LogP contribution in [0.1, 0.15) is 71.1 Å². The van der Waals surface area contributed by atoms with Crippen LogP contribution < -0.4 is 5.32 Å². The van der Waals surface area contributed by atoms with E-state index in [1.54, 1.807) is 25.1 Å². The first kappa shape index (κ1) is 20.1. The number of piperidine rings is 1. The fourth-order valence-electron chi connectivity index (χ4n) is 3.82. The third-order valence-electron chi connectivity index (χ3n) is 5.52. The van der Waals surface area contributed by atoms with Gasteiger partial charge in [-0.3, -0.25) is 9.59 Å². The van der Waals surface area contributed by atoms with Gasteiger partial charge in [-0.1, -0.05) is 31.1 Å². The molecule has 2 amide bonds. The second-order valence-electron chi connectivity index (χ2n) is 8.05. The summed E-state index contributed by atoms with van der Waals surface area (Å²) in [5.74, 6) is -0.233. The van der Waals surface area contributed by atoms with Crippen molar-refractivity contribution in [3.8, 4) is 0 Å². The minimum Gasteiger partial charge on any atom is -0.339 e. The van der Waals surface area contributed by atoms with E-state index in [1.807, 2.05) is 30.9 Å². The highest BCUT2D eigenvalue weighted by Crippen LogP contribution is 2.27. The molecule has 156 valence electrons. The first-order valence-corrected chi connectivity index (χ1v) is 10.4. The van der Waals surface area contributed by atoms with Crippen LogP contribution in [0.25, 0.3) is 11.1 Å². The molecule has 1 aromatic carbocycles. The predicted molar refractivity (Wildman–Crippen MR) is 115 cm³/mol. The minimum atomic E-state index is -0.311. The van der Waals surface area contributed by atoms with Crippen molar-refractivity contribution >= 4 is 28.6 Å². The van der Waals surface area contributed by atoms with Gasteiger partial charge in [-0.2, -0.15) is 0 Å². The Labute approximate surface area is 175 Å². The largest absolute Gasteiger partial charge is 0.339 e. The molecule has 0 atom stereocenters. The van der Waals surface area contributed by atoms with E-state index in [1.165, 1.54) is 0 Å². The number of nitrogens with zero attached hydrogens (tertiary/aromatic N) is 3. The van der Waals surface area contributed by atoms with Gasteiger partial charge in [0.1, 0.15) is 0 Å². The highest BCUT2D eigenvalue weighted by Gasteiger charge is 2.24. The van der Waals surface area contributed by atoms with Crippen LogP contribution >= 0.6 is 0 Å². The monoisotopic (exact) mass is 406 g/mol. The van der Waals surface area contributed by atoms with Crippen LogP contribution in [0.15, 0.2) is 34.9 Å². The van der Waals surface area contributed by atoms with E-state index in [2.05, 4.69) is 15.5 Å².